The zero-order valence-corrected chi connectivity index (χ0v) is 23.1. The number of nitrogens with zero attached hydrogens (tertiary/aromatic N) is 9. The van der Waals surface area contributed by atoms with E-state index < -0.39 is 5.91 Å². The van der Waals surface area contributed by atoms with Gasteiger partial charge in [-0.3, -0.25) is 14.7 Å². The van der Waals surface area contributed by atoms with E-state index in [4.69, 9.17) is 21.0 Å². The van der Waals surface area contributed by atoms with E-state index in [1.54, 1.807) is 12.3 Å². The van der Waals surface area contributed by atoms with Gasteiger partial charge in [-0.25, -0.2) is 9.37 Å². The Balaban J connectivity index is 1.16. The second kappa shape index (κ2) is 9.76. The molecular formula is C28H28FN11O2. The van der Waals surface area contributed by atoms with Crippen LogP contribution < -0.4 is 16.4 Å². The van der Waals surface area contributed by atoms with E-state index in [2.05, 4.69) is 25.1 Å². The Morgan fingerprint density at radius 3 is 2.62 bits per heavy atom. The average molecular weight is 570 g/mol. The number of hydrogen-bond donors (Lipinski definition) is 2. The third kappa shape index (κ3) is 4.10. The summed E-state index contributed by atoms with van der Waals surface area (Å²) in [5.74, 6) is -0.358. The molecule has 0 bridgehead atoms. The lowest BCUT2D eigenvalue weighted by molar-refractivity contribution is 0.0990. The molecule has 0 saturated carbocycles. The summed E-state index contributed by atoms with van der Waals surface area (Å²) < 4.78 is 23.3. The average Bonchev–Trinajstić information content (AvgIpc) is 3.66. The van der Waals surface area contributed by atoms with Gasteiger partial charge in [0, 0.05) is 56.9 Å². The minimum atomic E-state index is -0.564. The maximum Gasteiger partial charge on any atom is 0.265 e. The van der Waals surface area contributed by atoms with E-state index in [9.17, 15) is 9.18 Å². The van der Waals surface area contributed by atoms with E-state index in [0.29, 0.717) is 90.0 Å². The molecule has 0 unspecified atom stereocenters. The van der Waals surface area contributed by atoms with E-state index >= 15 is 0 Å². The van der Waals surface area contributed by atoms with Crippen LogP contribution in [0.5, 0.6) is 0 Å². The fraction of sp³-hybridized carbons (Fsp3) is 0.286. The van der Waals surface area contributed by atoms with Gasteiger partial charge < -0.3 is 25.5 Å². The largest absolute Gasteiger partial charge is 0.368 e. The lowest BCUT2D eigenvalue weighted by atomic mass is 10.1. The summed E-state index contributed by atoms with van der Waals surface area (Å²) in [6.45, 7) is 7.45. The van der Waals surface area contributed by atoms with E-state index in [-0.39, 0.29) is 11.8 Å². The normalized spacial score (nSPS) is 14.5. The van der Waals surface area contributed by atoms with Crippen LogP contribution in [0, 0.1) is 19.7 Å². The molecule has 214 valence electrons. The second-order valence-electron chi connectivity index (χ2n) is 10.4. The molecule has 0 aliphatic carbocycles. The molecule has 6 aromatic rings. The van der Waals surface area contributed by atoms with Gasteiger partial charge in [-0.15, -0.1) is 5.10 Å². The molecule has 13 nitrogen and oxygen atoms in total. The number of fused-ring (bicyclic) bond motifs is 4. The summed E-state index contributed by atoms with van der Waals surface area (Å²) in [4.78, 5) is 30.6. The highest BCUT2D eigenvalue weighted by Crippen LogP contribution is 2.31. The van der Waals surface area contributed by atoms with Crippen molar-refractivity contribution in [3.63, 3.8) is 0 Å². The number of aryl methyl sites for hydroxylation is 2. The number of halogens is 1. The number of hydrogen-bond acceptors (Lipinski definition) is 10. The van der Waals surface area contributed by atoms with E-state index in [1.165, 1.54) is 10.6 Å². The Kier molecular flexibility index (Phi) is 6.01. The fourth-order valence-corrected chi connectivity index (χ4v) is 5.81. The number of nitrogens with two attached hydrogens (primary N) is 2. The first-order chi connectivity index (χ1) is 20.3. The van der Waals surface area contributed by atoms with Gasteiger partial charge in [0.1, 0.15) is 22.9 Å². The lowest BCUT2D eigenvalue weighted by Gasteiger charge is -2.36. The highest BCUT2D eigenvalue weighted by molar-refractivity contribution is 6.04. The summed E-state index contributed by atoms with van der Waals surface area (Å²) >= 11 is 0. The lowest BCUT2D eigenvalue weighted by Crippen LogP contribution is -2.47. The van der Waals surface area contributed by atoms with Gasteiger partial charge >= 0.3 is 0 Å². The molecule has 1 aliphatic rings. The third-order valence-corrected chi connectivity index (χ3v) is 7.95. The molecule has 14 heteroatoms. The van der Waals surface area contributed by atoms with E-state index in [1.807, 2.05) is 41.5 Å². The van der Waals surface area contributed by atoms with Crippen LogP contribution in [0.3, 0.4) is 0 Å². The molecule has 4 N–H and O–H groups in total. The van der Waals surface area contributed by atoms with Gasteiger partial charge in [-0.2, -0.15) is 9.50 Å². The van der Waals surface area contributed by atoms with Crippen molar-refractivity contribution in [1.29, 1.82) is 0 Å². The van der Waals surface area contributed by atoms with Gasteiger partial charge in [-0.05, 0) is 37.6 Å². The quantitative estimate of drug-likeness (QED) is 0.305. The Morgan fingerprint density at radius 2 is 1.88 bits per heavy atom. The third-order valence-electron chi connectivity index (χ3n) is 7.95. The molecule has 1 aromatic carbocycles. The summed E-state index contributed by atoms with van der Waals surface area (Å²) in [5.41, 5.74) is 16.5. The zero-order valence-electron chi connectivity index (χ0n) is 23.1. The number of aromatic nitrogens is 7. The van der Waals surface area contributed by atoms with Crippen LogP contribution in [0.1, 0.15) is 21.7 Å². The van der Waals surface area contributed by atoms with Crippen LogP contribution >= 0.6 is 0 Å². The molecule has 0 spiro atoms. The Morgan fingerprint density at radius 1 is 1.07 bits per heavy atom. The molecule has 5 aromatic heterocycles. The smallest absolute Gasteiger partial charge is 0.265 e. The Bertz CT molecular complexity index is 1990. The molecule has 1 amide bonds. The Hall–Kier alpha value is -5.11. The standard InChI is InChI=1S/C28H28FN11O2/c1-15-22-26(34-28(31)40-27(22)33-25(35-40)19-5-3-4-6-32-19)39(23(15)24(30)41)12-9-37-7-10-38(11-8-37)20-13-17-16(2)36-42-21(17)14-18(20)29/h3-6,13-14H,7-12H2,1-2H3,(H2,30,41)(H2,31,34). The minimum Gasteiger partial charge on any atom is -0.368 e. The number of primary amides is 1. The predicted molar refractivity (Wildman–Crippen MR) is 155 cm³/mol. The van der Waals surface area contributed by atoms with Crippen LogP contribution in [0.4, 0.5) is 16.0 Å². The minimum absolute atomic E-state index is 0.137. The first kappa shape index (κ1) is 25.8. The number of benzene rings is 1. The molecule has 42 heavy (non-hydrogen) atoms. The summed E-state index contributed by atoms with van der Waals surface area (Å²) in [5, 5.41) is 9.92. The molecule has 1 saturated heterocycles. The number of pyridine rings is 1. The molecule has 1 fully saturated rings. The number of anilines is 2. The van der Waals surface area contributed by atoms with Gasteiger partial charge in [0.2, 0.25) is 11.8 Å². The molecule has 7 rings (SSSR count). The molecule has 0 atom stereocenters. The topological polar surface area (TPSA) is 163 Å². The SMILES string of the molecule is Cc1noc2cc(F)c(N3CCN(CCn4c(C(N)=O)c(C)c5c4nc(N)n4nc(-c6ccccn6)nc54)CC3)cc12. The zero-order chi connectivity index (χ0) is 29.1. The van der Waals surface area contributed by atoms with Crippen LogP contribution in [0.15, 0.2) is 41.1 Å². The van der Waals surface area contributed by atoms with Crippen molar-refractivity contribution in [2.24, 2.45) is 5.73 Å². The summed E-state index contributed by atoms with van der Waals surface area (Å²) in [6, 6.07) is 8.68. The molecule has 1 aliphatic heterocycles. The number of amides is 1. The first-order valence-electron chi connectivity index (χ1n) is 13.6. The van der Waals surface area contributed by atoms with Crippen LogP contribution in [0.2, 0.25) is 0 Å². The fourth-order valence-electron chi connectivity index (χ4n) is 5.81. The van der Waals surface area contributed by atoms with Gasteiger partial charge in [0.15, 0.2) is 11.2 Å². The summed E-state index contributed by atoms with van der Waals surface area (Å²) in [7, 11) is 0. The van der Waals surface area contributed by atoms with Crippen molar-refractivity contribution in [3.05, 3.63) is 59.3 Å². The number of nitrogen functional groups attached to an aromatic ring is 1. The number of rotatable bonds is 6. The van der Waals surface area contributed by atoms with Gasteiger partial charge in [0.05, 0.1) is 16.8 Å². The summed E-state index contributed by atoms with van der Waals surface area (Å²) in [6.07, 6.45) is 1.66. The maximum absolute atomic E-state index is 14.9. The monoisotopic (exact) mass is 569 g/mol. The highest BCUT2D eigenvalue weighted by Gasteiger charge is 2.26. The molecule has 0 radical (unpaired) electrons. The van der Waals surface area contributed by atoms with Crippen molar-refractivity contribution >= 4 is 45.2 Å². The predicted octanol–water partition coefficient (Wildman–Crippen LogP) is 2.54. The molecule has 6 heterocycles. The highest BCUT2D eigenvalue weighted by atomic mass is 19.1. The number of piperazine rings is 1. The number of carbonyl (C=O) groups is 1. The first-order valence-corrected chi connectivity index (χ1v) is 13.6. The van der Waals surface area contributed by atoms with Gasteiger partial charge in [-0.1, -0.05) is 11.2 Å². The van der Waals surface area contributed by atoms with E-state index in [0.717, 1.165) is 11.1 Å². The number of carbonyl (C=O) groups excluding carboxylic acids is 1. The van der Waals surface area contributed by atoms with Crippen molar-refractivity contribution in [2.45, 2.75) is 20.4 Å². The maximum atomic E-state index is 14.9. The van der Waals surface area contributed by atoms with Crippen LogP contribution in [0.25, 0.3) is 39.2 Å². The van der Waals surface area contributed by atoms with Crippen molar-refractivity contribution in [3.8, 4) is 11.5 Å². The van der Waals surface area contributed by atoms with Crippen molar-refractivity contribution < 1.29 is 13.7 Å². The van der Waals surface area contributed by atoms with Crippen LogP contribution in [-0.2, 0) is 6.54 Å². The van der Waals surface area contributed by atoms with Crippen LogP contribution in [-0.4, -0.2) is 77.8 Å². The Labute approximate surface area is 238 Å². The van der Waals surface area contributed by atoms with Crippen molar-refractivity contribution in [2.75, 3.05) is 43.4 Å². The van der Waals surface area contributed by atoms with Crippen molar-refractivity contribution in [1.82, 2.24) is 39.2 Å². The second-order valence-corrected chi connectivity index (χ2v) is 10.4. The van der Waals surface area contributed by atoms with Gasteiger partial charge in [0.25, 0.3) is 5.91 Å². The molecular weight excluding hydrogens is 541 g/mol.